The molecule has 1 aromatic carbocycles. The number of aromatic nitrogens is 2. The number of fused-ring (bicyclic) bond motifs is 1. The summed E-state index contributed by atoms with van der Waals surface area (Å²) in [5.74, 6) is 0. The highest BCUT2D eigenvalue weighted by Gasteiger charge is 2.23. The SMILES string of the molecule is CCN1CCC(N(C)CC(O)Cn2cnc3cc(C)c(C)cc32)CC1. The number of likely N-dealkylation sites (tertiary alicyclic amines) is 1. The zero-order valence-electron chi connectivity index (χ0n) is 16.1. The van der Waals surface area contributed by atoms with Gasteiger partial charge in [-0.05, 0) is 76.6 Å². The summed E-state index contributed by atoms with van der Waals surface area (Å²) in [6, 6.07) is 4.89. The van der Waals surface area contributed by atoms with Crippen molar-refractivity contribution in [3.05, 3.63) is 29.6 Å². The number of aliphatic hydroxyl groups excluding tert-OH is 1. The lowest BCUT2D eigenvalue weighted by Gasteiger charge is -2.37. The predicted molar refractivity (Wildman–Crippen MR) is 103 cm³/mol. The standard InChI is InChI=1S/C20H32N4O/c1-5-23-8-6-17(7-9-23)22(4)12-18(25)13-24-14-21-19-10-15(2)16(3)11-20(19)24/h10-11,14,17-18,25H,5-9,12-13H2,1-4H3. The van der Waals surface area contributed by atoms with E-state index in [1.54, 1.807) is 0 Å². The molecule has 0 bridgehead atoms. The summed E-state index contributed by atoms with van der Waals surface area (Å²) in [7, 11) is 2.15. The van der Waals surface area contributed by atoms with Crippen LogP contribution in [0.2, 0.25) is 0 Å². The molecule has 0 radical (unpaired) electrons. The first kappa shape index (κ1) is 18.4. The first-order valence-electron chi connectivity index (χ1n) is 9.50. The van der Waals surface area contributed by atoms with Crippen molar-refractivity contribution in [1.82, 2.24) is 19.4 Å². The summed E-state index contributed by atoms with van der Waals surface area (Å²) in [4.78, 5) is 9.34. The number of likely N-dealkylation sites (N-methyl/N-ethyl adjacent to an activating group) is 1. The predicted octanol–water partition coefficient (Wildman–Crippen LogP) is 2.43. The van der Waals surface area contributed by atoms with Gasteiger partial charge in [0.2, 0.25) is 0 Å². The minimum atomic E-state index is -0.381. The van der Waals surface area contributed by atoms with E-state index in [2.05, 4.69) is 59.3 Å². The molecule has 1 saturated heterocycles. The van der Waals surface area contributed by atoms with E-state index >= 15 is 0 Å². The molecule has 2 heterocycles. The van der Waals surface area contributed by atoms with E-state index in [0.717, 1.165) is 17.6 Å². The van der Waals surface area contributed by atoms with E-state index < -0.39 is 0 Å². The van der Waals surface area contributed by atoms with E-state index in [9.17, 15) is 5.11 Å². The monoisotopic (exact) mass is 344 g/mol. The molecule has 1 aromatic heterocycles. The highest BCUT2D eigenvalue weighted by molar-refractivity contribution is 5.77. The summed E-state index contributed by atoms with van der Waals surface area (Å²) in [5, 5.41) is 10.6. The van der Waals surface area contributed by atoms with E-state index in [0.29, 0.717) is 19.1 Å². The van der Waals surface area contributed by atoms with Crippen LogP contribution >= 0.6 is 0 Å². The van der Waals surface area contributed by atoms with E-state index in [1.807, 2.05) is 6.33 Å². The Morgan fingerprint density at radius 3 is 2.60 bits per heavy atom. The summed E-state index contributed by atoms with van der Waals surface area (Å²) in [5.41, 5.74) is 4.65. The second kappa shape index (κ2) is 7.85. The van der Waals surface area contributed by atoms with Crippen LogP contribution in [-0.4, -0.2) is 69.8 Å². The first-order chi connectivity index (χ1) is 12.0. The molecule has 0 aliphatic carbocycles. The third kappa shape index (κ3) is 4.22. The van der Waals surface area contributed by atoms with Crippen LogP contribution in [-0.2, 0) is 6.54 Å². The van der Waals surface area contributed by atoms with Gasteiger partial charge in [0.1, 0.15) is 0 Å². The van der Waals surface area contributed by atoms with Crippen molar-refractivity contribution < 1.29 is 5.11 Å². The molecule has 138 valence electrons. The van der Waals surface area contributed by atoms with Crippen LogP contribution < -0.4 is 0 Å². The Bertz CT molecular complexity index is 703. The number of hydrogen-bond acceptors (Lipinski definition) is 4. The van der Waals surface area contributed by atoms with Crippen molar-refractivity contribution in [3.63, 3.8) is 0 Å². The largest absolute Gasteiger partial charge is 0.390 e. The molecule has 3 rings (SSSR count). The van der Waals surface area contributed by atoms with Crippen LogP contribution in [0.3, 0.4) is 0 Å². The van der Waals surface area contributed by atoms with E-state index in [4.69, 9.17) is 0 Å². The van der Waals surface area contributed by atoms with Crippen molar-refractivity contribution >= 4 is 11.0 Å². The summed E-state index contributed by atoms with van der Waals surface area (Å²) in [6.45, 7) is 11.3. The quantitative estimate of drug-likeness (QED) is 0.874. The fraction of sp³-hybridized carbons (Fsp3) is 0.650. The van der Waals surface area contributed by atoms with Crippen LogP contribution in [0.4, 0.5) is 0 Å². The fourth-order valence-electron chi connectivity index (χ4n) is 3.90. The molecule has 5 heteroatoms. The molecule has 0 saturated carbocycles. The summed E-state index contributed by atoms with van der Waals surface area (Å²) in [6.07, 6.45) is 3.87. The average molecular weight is 345 g/mol. The normalized spacial score (nSPS) is 18.3. The second-order valence-corrected chi connectivity index (χ2v) is 7.58. The van der Waals surface area contributed by atoms with Gasteiger partial charge in [0.25, 0.3) is 0 Å². The van der Waals surface area contributed by atoms with E-state index in [1.165, 1.54) is 37.1 Å². The lowest BCUT2D eigenvalue weighted by Crippen LogP contribution is -2.45. The number of rotatable bonds is 6. The molecule has 25 heavy (non-hydrogen) atoms. The van der Waals surface area contributed by atoms with E-state index in [-0.39, 0.29) is 6.10 Å². The van der Waals surface area contributed by atoms with Gasteiger partial charge < -0.3 is 19.5 Å². The van der Waals surface area contributed by atoms with Gasteiger partial charge in [0.05, 0.1) is 30.0 Å². The third-order valence-corrected chi connectivity index (χ3v) is 5.77. The highest BCUT2D eigenvalue weighted by Crippen LogP contribution is 2.19. The maximum absolute atomic E-state index is 10.6. The van der Waals surface area contributed by atoms with Gasteiger partial charge in [-0.1, -0.05) is 6.92 Å². The molecular formula is C20H32N4O. The van der Waals surface area contributed by atoms with Gasteiger partial charge in [0.15, 0.2) is 0 Å². The lowest BCUT2D eigenvalue weighted by atomic mass is 10.0. The average Bonchev–Trinajstić information content (AvgIpc) is 2.97. The number of aryl methyl sites for hydroxylation is 2. The van der Waals surface area contributed by atoms with Gasteiger partial charge in [-0.3, -0.25) is 0 Å². The third-order valence-electron chi connectivity index (χ3n) is 5.77. The van der Waals surface area contributed by atoms with Crippen molar-refractivity contribution in [2.45, 2.75) is 52.3 Å². The van der Waals surface area contributed by atoms with Crippen molar-refractivity contribution in [2.75, 3.05) is 33.2 Å². The highest BCUT2D eigenvalue weighted by atomic mass is 16.3. The molecule has 1 fully saturated rings. The Kier molecular flexibility index (Phi) is 5.77. The van der Waals surface area contributed by atoms with Crippen LogP contribution in [0.1, 0.15) is 30.9 Å². The van der Waals surface area contributed by atoms with Crippen LogP contribution in [0.5, 0.6) is 0 Å². The molecule has 1 atom stereocenters. The van der Waals surface area contributed by atoms with Crippen LogP contribution in [0.15, 0.2) is 18.5 Å². The Balaban J connectivity index is 1.59. The van der Waals surface area contributed by atoms with Crippen molar-refractivity contribution in [3.8, 4) is 0 Å². The first-order valence-corrected chi connectivity index (χ1v) is 9.50. The number of imidazole rings is 1. The molecule has 0 spiro atoms. The molecule has 2 aromatic rings. The number of nitrogens with zero attached hydrogens (tertiary/aromatic N) is 4. The van der Waals surface area contributed by atoms with Gasteiger partial charge in [-0.15, -0.1) is 0 Å². The minimum absolute atomic E-state index is 0.381. The Labute approximate surface area is 151 Å². The van der Waals surface area contributed by atoms with Crippen molar-refractivity contribution in [1.29, 1.82) is 0 Å². The smallest absolute Gasteiger partial charge is 0.0959 e. The van der Waals surface area contributed by atoms with Crippen LogP contribution in [0.25, 0.3) is 11.0 Å². The fourth-order valence-corrected chi connectivity index (χ4v) is 3.90. The zero-order valence-corrected chi connectivity index (χ0v) is 16.1. The van der Waals surface area contributed by atoms with Gasteiger partial charge >= 0.3 is 0 Å². The number of benzene rings is 1. The topological polar surface area (TPSA) is 44.5 Å². The summed E-state index contributed by atoms with van der Waals surface area (Å²) >= 11 is 0. The minimum Gasteiger partial charge on any atom is -0.390 e. The Hall–Kier alpha value is -1.43. The van der Waals surface area contributed by atoms with Crippen molar-refractivity contribution in [2.24, 2.45) is 0 Å². The number of hydrogen-bond donors (Lipinski definition) is 1. The maximum Gasteiger partial charge on any atom is 0.0959 e. The maximum atomic E-state index is 10.6. The molecule has 0 amide bonds. The number of aliphatic hydroxyl groups is 1. The van der Waals surface area contributed by atoms with Crippen LogP contribution in [0, 0.1) is 13.8 Å². The second-order valence-electron chi connectivity index (χ2n) is 7.58. The molecule has 1 aliphatic heterocycles. The lowest BCUT2D eigenvalue weighted by molar-refractivity contribution is 0.0670. The summed E-state index contributed by atoms with van der Waals surface area (Å²) < 4.78 is 2.08. The Morgan fingerprint density at radius 2 is 1.92 bits per heavy atom. The van der Waals surface area contributed by atoms with Gasteiger partial charge in [0, 0.05) is 12.6 Å². The van der Waals surface area contributed by atoms with Gasteiger partial charge in [-0.2, -0.15) is 0 Å². The molecule has 1 aliphatic rings. The molecule has 5 nitrogen and oxygen atoms in total. The van der Waals surface area contributed by atoms with Gasteiger partial charge in [-0.25, -0.2) is 4.98 Å². The molecule has 1 unspecified atom stereocenters. The zero-order chi connectivity index (χ0) is 18.0. The molecular weight excluding hydrogens is 312 g/mol. The Morgan fingerprint density at radius 1 is 1.24 bits per heavy atom. The number of piperidine rings is 1. The molecule has 1 N–H and O–H groups in total.